The first-order chi connectivity index (χ1) is 12.6. The molecule has 1 aromatic heterocycles. The molecule has 3 unspecified atom stereocenters. The second kappa shape index (κ2) is 5.41. The molecular weight excluding hydrogens is 332 g/mol. The van der Waals surface area contributed by atoms with Gasteiger partial charge < -0.3 is 19.9 Å². The summed E-state index contributed by atoms with van der Waals surface area (Å²) >= 11 is 0. The number of hydrogen-bond acceptors (Lipinski definition) is 7. The van der Waals surface area contributed by atoms with E-state index in [-0.39, 0.29) is 17.5 Å². The molecule has 0 bridgehead atoms. The van der Waals surface area contributed by atoms with Crippen molar-refractivity contribution in [1.29, 1.82) is 0 Å². The van der Waals surface area contributed by atoms with Crippen LogP contribution in [0.4, 0.5) is 0 Å². The van der Waals surface area contributed by atoms with Crippen LogP contribution in [0.15, 0.2) is 41.9 Å². The maximum atomic E-state index is 6.46. The fourth-order valence-electron chi connectivity index (χ4n) is 4.38. The van der Waals surface area contributed by atoms with Crippen molar-refractivity contribution >= 4 is 6.02 Å². The zero-order chi connectivity index (χ0) is 17.8. The van der Waals surface area contributed by atoms with Gasteiger partial charge in [0.05, 0.1) is 19.1 Å². The Balaban J connectivity index is 1.71. The molecule has 7 nitrogen and oxygen atoms in total. The van der Waals surface area contributed by atoms with Gasteiger partial charge in [-0.2, -0.15) is 0 Å². The molecule has 2 aromatic rings. The number of ether oxygens (including phenoxy) is 3. The molecule has 2 N–H and O–H groups in total. The zero-order valence-corrected chi connectivity index (χ0v) is 14.5. The second-order valence-corrected chi connectivity index (χ2v) is 7.29. The van der Waals surface area contributed by atoms with Crippen LogP contribution < -0.4 is 10.5 Å². The lowest BCUT2D eigenvalue weighted by atomic mass is 9.66. The van der Waals surface area contributed by atoms with Gasteiger partial charge >= 0.3 is 0 Å². The molecule has 3 aliphatic heterocycles. The smallest absolute Gasteiger partial charge is 0.283 e. The van der Waals surface area contributed by atoms with Gasteiger partial charge in [-0.15, -0.1) is 0 Å². The van der Waals surface area contributed by atoms with E-state index in [0.29, 0.717) is 19.8 Å². The van der Waals surface area contributed by atoms with Gasteiger partial charge in [-0.3, -0.25) is 0 Å². The van der Waals surface area contributed by atoms with Gasteiger partial charge in [-0.05, 0) is 24.6 Å². The van der Waals surface area contributed by atoms with Crippen LogP contribution in [-0.2, 0) is 15.0 Å². The normalized spacial score (nSPS) is 32.2. The van der Waals surface area contributed by atoms with Crippen LogP contribution in [0.5, 0.6) is 5.75 Å². The van der Waals surface area contributed by atoms with Crippen molar-refractivity contribution in [2.24, 2.45) is 16.6 Å². The van der Waals surface area contributed by atoms with Gasteiger partial charge in [0.15, 0.2) is 0 Å². The fraction of sp³-hybridized carbons (Fsp3) is 0.421. The molecule has 7 heteroatoms. The number of amidine groups is 1. The monoisotopic (exact) mass is 352 g/mol. The summed E-state index contributed by atoms with van der Waals surface area (Å²) in [6.07, 6.45) is 5.92. The Labute approximate surface area is 151 Å². The Kier molecular flexibility index (Phi) is 3.24. The van der Waals surface area contributed by atoms with Gasteiger partial charge in [0.1, 0.15) is 29.8 Å². The predicted molar refractivity (Wildman–Crippen MR) is 94.7 cm³/mol. The molecule has 1 saturated heterocycles. The van der Waals surface area contributed by atoms with Crippen molar-refractivity contribution in [2.75, 3.05) is 19.8 Å². The highest BCUT2D eigenvalue weighted by molar-refractivity contribution is 5.75. The predicted octanol–water partition coefficient (Wildman–Crippen LogP) is 1.87. The average molecular weight is 352 g/mol. The molecule has 0 radical (unpaired) electrons. The Morgan fingerprint density at radius 2 is 2.04 bits per heavy atom. The highest BCUT2D eigenvalue weighted by atomic mass is 16.5. The van der Waals surface area contributed by atoms with E-state index in [4.69, 9.17) is 24.9 Å². The summed E-state index contributed by atoms with van der Waals surface area (Å²) in [6.45, 7) is 3.77. The van der Waals surface area contributed by atoms with E-state index in [1.165, 1.54) is 6.33 Å². The molecule has 1 fully saturated rings. The van der Waals surface area contributed by atoms with Crippen molar-refractivity contribution in [3.8, 4) is 16.9 Å². The molecule has 0 aliphatic carbocycles. The highest BCUT2D eigenvalue weighted by Crippen LogP contribution is 2.54. The van der Waals surface area contributed by atoms with Crippen molar-refractivity contribution in [1.82, 2.24) is 9.97 Å². The number of aliphatic imine (C=N–C) groups is 1. The molecule has 3 atom stereocenters. The maximum Gasteiger partial charge on any atom is 0.283 e. The largest absolute Gasteiger partial charge is 0.487 e. The third-order valence-corrected chi connectivity index (χ3v) is 5.77. The molecule has 4 heterocycles. The number of nitrogens with two attached hydrogens (primary N) is 1. The second-order valence-electron chi connectivity index (χ2n) is 7.29. The first-order valence-corrected chi connectivity index (χ1v) is 8.76. The van der Waals surface area contributed by atoms with Crippen molar-refractivity contribution in [2.45, 2.75) is 24.5 Å². The summed E-state index contributed by atoms with van der Waals surface area (Å²) in [7, 11) is 0. The summed E-state index contributed by atoms with van der Waals surface area (Å²) < 4.78 is 17.9. The van der Waals surface area contributed by atoms with Crippen LogP contribution in [-0.4, -0.2) is 41.4 Å². The Morgan fingerprint density at radius 3 is 2.81 bits per heavy atom. The van der Waals surface area contributed by atoms with Gasteiger partial charge in [0.2, 0.25) is 0 Å². The maximum absolute atomic E-state index is 6.46. The molecule has 1 spiro atoms. The van der Waals surface area contributed by atoms with E-state index in [9.17, 15) is 0 Å². The summed E-state index contributed by atoms with van der Waals surface area (Å²) in [5.74, 6) is 0.855. The van der Waals surface area contributed by atoms with Gasteiger partial charge in [0, 0.05) is 29.9 Å². The molecule has 134 valence electrons. The number of rotatable bonds is 1. The number of nitrogens with zero attached hydrogens (tertiary/aromatic N) is 3. The molecule has 26 heavy (non-hydrogen) atoms. The van der Waals surface area contributed by atoms with Crippen LogP contribution >= 0.6 is 0 Å². The first-order valence-electron chi connectivity index (χ1n) is 8.76. The fourth-order valence-corrected chi connectivity index (χ4v) is 4.38. The van der Waals surface area contributed by atoms with Crippen LogP contribution in [0, 0.1) is 5.92 Å². The van der Waals surface area contributed by atoms with Crippen LogP contribution in [0.25, 0.3) is 11.1 Å². The van der Waals surface area contributed by atoms with Crippen molar-refractivity contribution in [3.05, 3.63) is 42.5 Å². The van der Waals surface area contributed by atoms with E-state index in [1.54, 1.807) is 12.4 Å². The first kappa shape index (κ1) is 15.6. The average Bonchev–Trinajstić information content (AvgIpc) is 3.04. The van der Waals surface area contributed by atoms with E-state index < -0.39 is 5.54 Å². The Bertz CT molecular complexity index is 888. The number of hydrogen-bond donors (Lipinski definition) is 1. The van der Waals surface area contributed by atoms with E-state index in [2.05, 4.69) is 23.0 Å². The van der Waals surface area contributed by atoms with Crippen molar-refractivity contribution < 1.29 is 14.2 Å². The third-order valence-electron chi connectivity index (χ3n) is 5.77. The zero-order valence-electron chi connectivity index (χ0n) is 14.5. The minimum atomic E-state index is -0.599. The Morgan fingerprint density at radius 1 is 1.19 bits per heavy atom. The van der Waals surface area contributed by atoms with Crippen molar-refractivity contribution in [3.63, 3.8) is 0 Å². The molecule has 3 aliphatic rings. The number of benzene rings is 1. The van der Waals surface area contributed by atoms with Gasteiger partial charge in [-0.25, -0.2) is 15.0 Å². The minimum Gasteiger partial charge on any atom is -0.487 e. The third kappa shape index (κ3) is 2.13. The molecule has 0 saturated carbocycles. The topological polar surface area (TPSA) is 91.9 Å². The molecule has 1 aromatic carbocycles. The number of fused-ring (bicyclic) bond motifs is 4. The quantitative estimate of drug-likeness (QED) is 0.842. The van der Waals surface area contributed by atoms with E-state index >= 15 is 0 Å². The van der Waals surface area contributed by atoms with E-state index in [1.807, 2.05) is 12.1 Å². The van der Waals surface area contributed by atoms with Crippen LogP contribution in [0.2, 0.25) is 0 Å². The lowest BCUT2D eigenvalue weighted by Gasteiger charge is -2.52. The molecule has 5 rings (SSSR count). The Hall–Kier alpha value is -2.67. The lowest BCUT2D eigenvalue weighted by Crippen LogP contribution is -2.59. The van der Waals surface area contributed by atoms with E-state index in [0.717, 1.165) is 28.9 Å². The minimum absolute atomic E-state index is 0.0274. The molecule has 0 amide bonds. The number of aromatic nitrogens is 2. The van der Waals surface area contributed by atoms with Gasteiger partial charge in [0.25, 0.3) is 6.02 Å². The highest BCUT2D eigenvalue weighted by Gasteiger charge is 2.59. The summed E-state index contributed by atoms with van der Waals surface area (Å²) in [5, 5.41) is 0. The van der Waals surface area contributed by atoms with Crippen LogP contribution in [0.3, 0.4) is 0 Å². The summed E-state index contributed by atoms with van der Waals surface area (Å²) in [6, 6.07) is 6.34. The lowest BCUT2D eigenvalue weighted by molar-refractivity contribution is -0.129. The van der Waals surface area contributed by atoms with Gasteiger partial charge in [-0.1, -0.05) is 6.07 Å². The molecular formula is C19H20N4O3. The standard InChI is InChI=1S/C19H20N4O3/c1-18-4-5-24-9-16(18)19(10-25-17(20)23-19)14-6-12(2-3-15(14)26-18)13-7-21-11-22-8-13/h2-3,6-8,11,16H,4-5,9-10H2,1H3,(H2,20,23). The summed E-state index contributed by atoms with van der Waals surface area (Å²) in [5.41, 5.74) is 7.90. The summed E-state index contributed by atoms with van der Waals surface area (Å²) in [4.78, 5) is 13.0. The SMILES string of the molecule is CC12CCOCC1C1(COC(N)=N1)c1cc(-c3cncnc3)ccc1O2. The van der Waals surface area contributed by atoms with Crippen LogP contribution in [0.1, 0.15) is 18.9 Å².